The van der Waals surface area contributed by atoms with Gasteiger partial charge in [-0.1, -0.05) is 48.5 Å². The van der Waals surface area contributed by atoms with Crippen LogP contribution in [0.2, 0.25) is 0 Å². The molecule has 1 fully saturated rings. The Morgan fingerprint density at radius 2 is 1.48 bits per heavy atom. The minimum Gasteiger partial charge on any atom is -0.356 e. The summed E-state index contributed by atoms with van der Waals surface area (Å²) in [6.45, 7) is 1.07. The van der Waals surface area contributed by atoms with E-state index in [1.54, 1.807) is 0 Å². The van der Waals surface area contributed by atoms with Gasteiger partial charge in [0.2, 0.25) is 0 Å². The zero-order valence-corrected chi connectivity index (χ0v) is 14.6. The number of halogens is 1. The quantitative estimate of drug-likeness (QED) is 0.796. The maximum atomic E-state index is 6.40. The Labute approximate surface area is 144 Å². The number of rotatable bonds is 3. The maximum absolute atomic E-state index is 6.40. The third-order valence-corrected chi connectivity index (χ3v) is 5.06. The summed E-state index contributed by atoms with van der Waals surface area (Å²) in [4.78, 5) is 2.24. The highest BCUT2D eigenvalue weighted by Crippen LogP contribution is 2.56. The van der Waals surface area contributed by atoms with Gasteiger partial charge in [-0.3, -0.25) is 0 Å². The monoisotopic (exact) mass is 329 g/mol. The Morgan fingerprint density at radius 1 is 0.957 bits per heavy atom. The largest absolute Gasteiger partial charge is 0.356 e. The van der Waals surface area contributed by atoms with Gasteiger partial charge in [-0.2, -0.15) is 0 Å². The van der Waals surface area contributed by atoms with Gasteiger partial charge in [0, 0.05) is 6.54 Å². The van der Waals surface area contributed by atoms with Crippen molar-refractivity contribution in [3.8, 4) is 0 Å². The van der Waals surface area contributed by atoms with Crippen LogP contribution in [-0.2, 0) is 23.2 Å². The molecule has 23 heavy (non-hydrogen) atoms. The van der Waals surface area contributed by atoms with Crippen LogP contribution in [0.15, 0.2) is 48.5 Å². The second-order valence-corrected chi connectivity index (χ2v) is 6.75. The average Bonchev–Trinajstić information content (AvgIpc) is 3.28. The van der Waals surface area contributed by atoms with Crippen LogP contribution >= 0.6 is 12.4 Å². The van der Waals surface area contributed by atoms with Crippen LogP contribution in [0.3, 0.4) is 0 Å². The van der Waals surface area contributed by atoms with E-state index in [0.29, 0.717) is 6.10 Å². The Bertz CT molecular complexity index is 650. The number of aryl methyl sites for hydroxylation is 2. The van der Waals surface area contributed by atoms with E-state index >= 15 is 0 Å². The van der Waals surface area contributed by atoms with Crippen molar-refractivity contribution in [2.45, 2.75) is 31.0 Å². The summed E-state index contributed by atoms with van der Waals surface area (Å²) < 4.78 is 6.40. The highest BCUT2D eigenvalue weighted by molar-refractivity contribution is 5.85. The molecule has 0 amide bonds. The van der Waals surface area contributed by atoms with Gasteiger partial charge in [-0.15, -0.1) is 12.4 Å². The van der Waals surface area contributed by atoms with Crippen molar-refractivity contribution in [3.05, 3.63) is 70.8 Å². The van der Waals surface area contributed by atoms with E-state index in [-0.39, 0.29) is 18.0 Å². The number of hydrogen-bond donors (Lipinski definition) is 0. The van der Waals surface area contributed by atoms with Crippen LogP contribution in [-0.4, -0.2) is 31.6 Å². The molecule has 0 radical (unpaired) electrons. The number of nitrogens with zero attached hydrogens (tertiary/aromatic N) is 1. The Balaban J connectivity index is 0.00000156. The third kappa shape index (κ3) is 2.69. The molecule has 3 heteroatoms. The first kappa shape index (κ1) is 16.5. The van der Waals surface area contributed by atoms with Crippen molar-refractivity contribution in [2.75, 3.05) is 20.6 Å². The molecule has 1 spiro atoms. The predicted octanol–water partition coefficient (Wildman–Crippen LogP) is 3.80. The van der Waals surface area contributed by atoms with E-state index in [9.17, 15) is 0 Å². The van der Waals surface area contributed by atoms with Crippen LogP contribution in [0.25, 0.3) is 0 Å². The molecule has 1 heterocycles. The standard InChI is InChI=1S/C20H23NO.ClH/c1-21(2)14-13-19-20(22-19)17-9-5-3-7-15(17)11-12-16-8-4-6-10-18(16)20;/h3-10,19H,11-14H2,1-2H3;1H. The summed E-state index contributed by atoms with van der Waals surface area (Å²) in [7, 11) is 4.26. The summed E-state index contributed by atoms with van der Waals surface area (Å²) >= 11 is 0. The van der Waals surface area contributed by atoms with Crippen molar-refractivity contribution >= 4 is 12.4 Å². The molecular formula is C20H24ClNO. The molecule has 4 rings (SSSR count). The van der Waals surface area contributed by atoms with Gasteiger partial charge >= 0.3 is 0 Å². The van der Waals surface area contributed by atoms with Crippen LogP contribution in [0.5, 0.6) is 0 Å². The summed E-state index contributed by atoms with van der Waals surface area (Å²) in [6.07, 6.45) is 3.60. The normalized spacial score (nSPS) is 20.4. The fourth-order valence-electron chi connectivity index (χ4n) is 3.92. The molecule has 0 bridgehead atoms. The summed E-state index contributed by atoms with van der Waals surface area (Å²) in [6, 6.07) is 17.7. The third-order valence-electron chi connectivity index (χ3n) is 5.06. The number of benzene rings is 2. The second kappa shape index (κ2) is 6.27. The molecule has 0 N–H and O–H groups in total. The first-order valence-corrected chi connectivity index (χ1v) is 8.21. The molecule has 122 valence electrons. The fraction of sp³-hybridized carbons (Fsp3) is 0.400. The molecule has 0 saturated carbocycles. The minimum absolute atomic E-state index is 0. The molecule has 2 aromatic rings. The van der Waals surface area contributed by atoms with Crippen LogP contribution in [0.1, 0.15) is 28.7 Å². The van der Waals surface area contributed by atoms with E-state index in [4.69, 9.17) is 4.74 Å². The minimum atomic E-state index is -0.195. The number of ether oxygens (including phenoxy) is 1. The van der Waals surface area contributed by atoms with Gasteiger partial charge in [0.15, 0.2) is 0 Å². The first-order chi connectivity index (χ1) is 10.7. The van der Waals surface area contributed by atoms with Gasteiger partial charge in [0.1, 0.15) is 5.60 Å². The van der Waals surface area contributed by atoms with Crippen molar-refractivity contribution < 1.29 is 4.74 Å². The number of fused-ring (bicyclic) bond motifs is 4. The van der Waals surface area contributed by atoms with Gasteiger partial charge < -0.3 is 9.64 Å². The molecule has 1 unspecified atom stereocenters. The van der Waals surface area contributed by atoms with E-state index in [0.717, 1.165) is 25.8 Å². The molecule has 1 aliphatic heterocycles. The van der Waals surface area contributed by atoms with Gasteiger partial charge in [-0.25, -0.2) is 0 Å². The lowest BCUT2D eigenvalue weighted by Gasteiger charge is -2.17. The highest BCUT2D eigenvalue weighted by atomic mass is 35.5. The van der Waals surface area contributed by atoms with Crippen molar-refractivity contribution in [1.82, 2.24) is 4.90 Å². The zero-order chi connectivity index (χ0) is 15.2. The molecular weight excluding hydrogens is 306 g/mol. The van der Waals surface area contributed by atoms with E-state index < -0.39 is 0 Å². The fourth-order valence-corrected chi connectivity index (χ4v) is 3.92. The van der Waals surface area contributed by atoms with E-state index in [1.165, 1.54) is 22.3 Å². The molecule has 2 nitrogen and oxygen atoms in total. The summed E-state index contributed by atoms with van der Waals surface area (Å²) in [5.41, 5.74) is 5.49. The van der Waals surface area contributed by atoms with Crippen molar-refractivity contribution in [3.63, 3.8) is 0 Å². The number of epoxide rings is 1. The van der Waals surface area contributed by atoms with Crippen molar-refractivity contribution in [1.29, 1.82) is 0 Å². The average molecular weight is 330 g/mol. The molecule has 1 atom stereocenters. The van der Waals surface area contributed by atoms with Crippen LogP contribution in [0.4, 0.5) is 0 Å². The maximum Gasteiger partial charge on any atom is 0.145 e. The van der Waals surface area contributed by atoms with Gasteiger partial charge in [0.05, 0.1) is 6.10 Å². The summed E-state index contributed by atoms with van der Waals surface area (Å²) in [5, 5.41) is 0. The van der Waals surface area contributed by atoms with Crippen molar-refractivity contribution in [2.24, 2.45) is 0 Å². The molecule has 1 aliphatic carbocycles. The second-order valence-electron chi connectivity index (χ2n) is 6.75. The smallest absolute Gasteiger partial charge is 0.145 e. The van der Waals surface area contributed by atoms with Crippen LogP contribution < -0.4 is 0 Å². The lowest BCUT2D eigenvalue weighted by atomic mass is 9.84. The van der Waals surface area contributed by atoms with Gasteiger partial charge in [0.25, 0.3) is 0 Å². The Kier molecular flexibility index (Phi) is 4.50. The molecule has 0 aromatic heterocycles. The lowest BCUT2D eigenvalue weighted by molar-refractivity contribution is 0.308. The Morgan fingerprint density at radius 3 is 2.00 bits per heavy atom. The van der Waals surface area contributed by atoms with E-state index in [2.05, 4.69) is 67.5 Å². The lowest BCUT2D eigenvalue weighted by Crippen LogP contribution is -2.21. The zero-order valence-electron chi connectivity index (χ0n) is 13.8. The molecule has 2 aromatic carbocycles. The van der Waals surface area contributed by atoms with Crippen LogP contribution in [0, 0.1) is 0 Å². The topological polar surface area (TPSA) is 15.8 Å². The highest BCUT2D eigenvalue weighted by Gasteiger charge is 2.60. The molecule has 1 saturated heterocycles. The first-order valence-electron chi connectivity index (χ1n) is 8.21. The predicted molar refractivity (Wildman–Crippen MR) is 96.4 cm³/mol. The SMILES string of the molecule is CN(C)CCC1OC12c1ccccc1CCc1ccccc12.Cl. The summed E-state index contributed by atoms with van der Waals surface area (Å²) in [5.74, 6) is 0. The molecule has 2 aliphatic rings. The Hall–Kier alpha value is -1.35. The van der Waals surface area contributed by atoms with Gasteiger partial charge in [-0.05, 0) is 55.6 Å². The van der Waals surface area contributed by atoms with E-state index in [1.807, 2.05) is 0 Å². The number of hydrogen-bond acceptors (Lipinski definition) is 2.